The Bertz CT molecular complexity index is 205. The first-order chi connectivity index (χ1) is 7.44. The van der Waals surface area contributed by atoms with Gasteiger partial charge in [-0.25, -0.2) is 0 Å². The second kappa shape index (κ2) is 5.84. The van der Waals surface area contributed by atoms with Crippen LogP contribution in [-0.4, -0.2) is 49.5 Å². The fourth-order valence-electron chi connectivity index (χ4n) is 1.97. The topological polar surface area (TPSA) is 38.5 Å². The Balaban J connectivity index is 2.61. The fourth-order valence-corrected chi connectivity index (χ4v) is 1.97. The lowest BCUT2D eigenvalue weighted by molar-refractivity contribution is -0.161. The summed E-state index contributed by atoms with van der Waals surface area (Å²) in [5.74, 6) is 0. The van der Waals surface area contributed by atoms with Crippen molar-refractivity contribution in [3.05, 3.63) is 0 Å². The molecule has 3 nitrogen and oxygen atoms in total. The molecule has 96 valence electrons. The molecular weight excluding hydrogens is 221 g/mol. The summed E-state index contributed by atoms with van der Waals surface area (Å²) in [4.78, 5) is 1.42. The number of alkyl halides is 3. The fraction of sp³-hybridized carbons (Fsp3) is 1.00. The average Bonchev–Trinajstić information content (AvgIpc) is 2.25. The molecule has 0 aromatic carbocycles. The van der Waals surface area contributed by atoms with E-state index in [1.165, 1.54) is 4.90 Å². The maximum Gasteiger partial charge on any atom is 0.401 e. The molecule has 1 saturated heterocycles. The van der Waals surface area contributed by atoms with Crippen LogP contribution in [0.1, 0.15) is 19.8 Å². The first-order valence-electron chi connectivity index (χ1n) is 5.54. The summed E-state index contributed by atoms with van der Waals surface area (Å²) in [5.41, 5.74) is 5.45. The molecule has 0 aromatic heterocycles. The van der Waals surface area contributed by atoms with Crippen LogP contribution < -0.4 is 5.73 Å². The molecule has 0 amide bonds. The van der Waals surface area contributed by atoms with Gasteiger partial charge in [0.15, 0.2) is 0 Å². The summed E-state index contributed by atoms with van der Waals surface area (Å²) in [5, 5.41) is 0. The van der Waals surface area contributed by atoms with Crippen LogP contribution in [0.4, 0.5) is 13.2 Å². The SMILES string of the molecule is CC(CN)N(CC(F)(F)F)C1CCCOC1. The van der Waals surface area contributed by atoms with Gasteiger partial charge in [0, 0.05) is 25.2 Å². The second-order valence-electron chi connectivity index (χ2n) is 4.24. The average molecular weight is 240 g/mol. The summed E-state index contributed by atoms with van der Waals surface area (Å²) in [6.07, 6.45) is -2.61. The van der Waals surface area contributed by atoms with Crippen LogP contribution in [-0.2, 0) is 4.74 Å². The molecule has 16 heavy (non-hydrogen) atoms. The first kappa shape index (κ1) is 13.7. The van der Waals surface area contributed by atoms with Gasteiger partial charge in [-0.15, -0.1) is 0 Å². The van der Waals surface area contributed by atoms with Crippen molar-refractivity contribution < 1.29 is 17.9 Å². The maximum atomic E-state index is 12.4. The molecule has 1 rings (SSSR count). The molecule has 0 saturated carbocycles. The minimum Gasteiger partial charge on any atom is -0.380 e. The van der Waals surface area contributed by atoms with E-state index in [0.29, 0.717) is 13.2 Å². The summed E-state index contributed by atoms with van der Waals surface area (Å²) < 4.78 is 42.5. The van der Waals surface area contributed by atoms with Crippen LogP contribution in [0.3, 0.4) is 0 Å². The highest BCUT2D eigenvalue weighted by atomic mass is 19.4. The summed E-state index contributed by atoms with van der Waals surface area (Å²) >= 11 is 0. The van der Waals surface area contributed by atoms with E-state index in [4.69, 9.17) is 10.5 Å². The van der Waals surface area contributed by atoms with Crippen LogP contribution in [0.15, 0.2) is 0 Å². The molecule has 2 unspecified atom stereocenters. The van der Waals surface area contributed by atoms with E-state index >= 15 is 0 Å². The molecule has 0 bridgehead atoms. The van der Waals surface area contributed by atoms with Crippen LogP contribution in [0, 0.1) is 0 Å². The molecule has 6 heteroatoms. The minimum atomic E-state index is -4.18. The van der Waals surface area contributed by atoms with Gasteiger partial charge in [-0.05, 0) is 19.8 Å². The van der Waals surface area contributed by atoms with Gasteiger partial charge in [0.2, 0.25) is 0 Å². The zero-order valence-corrected chi connectivity index (χ0v) is 9.46. The Kier molecular flexibility index (Phi) is 5.01. The Morgan fingerprint density at radius 3 is 2.62 bits per heavy atom. The molecule has 1 fully saturated rings. The third kappa shape index (κ3) is 4.27. The van der Waals surface area contributed by atoms with Crippen LogP contribution in [0.2, 0.25) is 0 Å². The lowest BCUT2D eigenvalue weighted by Gasteiger charge is -2.38. The van der Waals surface area contributed by atoms with Gasteiger partial charge < -0.3 is 10.5 Å². The normalized spacial score (nSPS) is 24.8. The predicted molar refractivity (Wildman–Crippen MR) is 55.1 cm³/mol. The Morgan fingerprint density at radius 2 is 2.19 bits per heavy atom. The summed E-state index contributed by atoms with van der Waals surface area (Å²) in [6, 6.07) is -0.428. The van der Waals surface area contributed by atoms with Crippen LogP contribution in [0.25, 0.3) is 0 Å². The molecule has 2 N–H and O–H groups in total. The maximum absolute atomic E-state index is 12.4. The molecule has 0 spiro atoms. The zero-order chi connectivity index (χ0) is 12.2. The predicted octanol–water partition coefficient (Wildman–Crippen LogP) is 1.38. The van der Waals surface area contributed by atoms with Crippen molar-refractivity contribution in [2.45, 2.75) is 38.0 Å². The van der Waals surface area contributed by atoms with Gasteiger partial charge in [0.05, 0.1) is 13.2 Å². The number of hydrogen-bond acceptors (Lipinski definition) is 3. The number of nitrogens with two attached hydrogens (primary N) is 1. The largest absolute Gasteiger partial charge is 0.401 e. The van der Waals surface area contributed by atoms with Crippen molar-refractivity contribution in [1.82, 2.24) is 4.90 Å². The molecule has 0 aromatic rings. The van der Waals surface area contributed by atoms with E-state index in [2.05, 4.69) is 0 Å². The van der Waals surface area contributed by atoms with Gasteiger partial charge in [-0.3, -0.25) is 4.90 Å². The van der Waals surface area contributed by atoms with Gasteiger partial charge >= 0.3 is 6.18 Å². The van der Waals surface area contributed by atoms with Crippen LogP contribution >= 0.6 is 0 Å². The van der Waals surface area contributed by atoms with Gasteiger partial charge in [0.25, 0.3) is 0 Å². The smallest absolute Gasteiger partial charge is 0.380 e. The standard InChI is InChI=1S/C10H19F3N2O/c1-8(5-14)15(7-10(11,12)13)9-3-2-4-16-6-9/h8-9H,2-7,14H2,1H3. The highest BCUT2D eigenvalue weighted by Crippen LogP contribution is 2.23. The Labute approximate surface area is 93.7 Å². The van der Waals surface area contributed by atoms with E-state index in [1.807, 2.05) is 0 Å². The third-order valence-electron chi connectivity index (χ3n) is 2.87. The van der Waals surface area contributed by atoms with E-state index in [9.17, 15) is 13.2 Å². The number of halogens is 3. The van der Waals surface area contributed by atoms with E-state index < -0.39 is 12.7 Å². The molecule has 0 radical (unpaired) electrons. The molecule has 1 aliphatic rings. The van der Waals surface area contributed by atoms with Crippen LogP contribution in [0.5, 0.6) is 0 Å². The van der Waals surface area contributed by atoms with Crippen molar-refractivity contribution in [3.8, 4) is 0 Å². The van der Waals surface area contributed by atoms with Gasteiger partial charge in [0.1, 0.15) is 0 Å². The third-order valence-corrected chi connectivity index (χ3v) is 2.87. The number of ether oxygens (including phenoxy) is 1. The van der Waals surface area contributed by atoms with Gasteiger partial charge in [-0.1, -0.05) is 0 Å². The number of hydrogen-bond donors (Lipinski definition) is 1. The van der Waals surface area contributed by atoms with Crippen molar-refractivity contribution >= 4 is 0 Å². The molecule has 1 aliphatic heterocycles. The van der Waals surface area contributed by atoms with E-state index in [1.54, 1.807) is 6.92 Å². The molecular formula is C10H19F3N2O. The first-order valence-corrected chi connectivity index (χ1v) is 5.54. The summed E-state index contributed by atoms with van der Waals surface area (Å²) in [7, 11) is 0. The van der Waals surface area contributed by atoms with Crippen molar-refractivity contribution in [2.24, 2.45) is 5.73 Å². The van der Waals surface area contributed by atoms with Crippen molar-refractivity contribution in [2.75, 3.05) is 26.3 Å². The lowest BCUT2D eigenvalue weighted by Crippen LogP contribution is -2.52. The van der Waals surface area contributed by atoms with Gasteiger partial charge in [-0.2, -0.15) is 13.2 Å². The minimum absolute atomic E-state index is 0.158. The van der Waals surface area contributed by atoms with Crippen molar-refractivity contribution in [1.29, 1.82) is 0 Å². The zero-order valence-electron chi connectivity index (χ0n) is 9.46. The Hall–Kier alpha value is -0.330. The highest BCUT2D eigenvalue weighted by molar-refractivity contribution is 4.81. The Morgan fingerprint density at radius 1 is 1.50 bits per heavy atom. The summed E-state index contributed by atoms with van der Waals surface area (Å²) in [6.45, 7) is 2.07. The molecule has 1 heterocycles. The van der Waals surface area contributed by atoms with Crippen molar-refractivity contribution in [3.63, 3.8) is 0 Å². The van der Waals surface area contributed by atoms with E-state index in [0.717, 1.165) is 12.8 Å². The molecule has 2 atom stereocenters. The highest BCUT2D eigenvalue weighted by Gasteiger charge is 2.36. The lowest BCUT2D eigenvalue weighted by atomic mass is 10.1. The number of nitrogens with zero attached hydrogens (tertiary/aromatic N) is 1. The molecule has 0 aliphatic carbocycles. The number of rotatable bonds is 4. The monoisotopic (exact) mass is 240 g/mol. The quantitative estimate of drug-likeness (QED) is 0.806. The van der Waals surface area contributed by atoms with E-state index in [-0.39, 0.29) is 18.6 Å². The second-order valence-corrected chi connectivity index (χ2v) is 4.24.